The lowest BCUT2D eigenvalue weighted by Crippen LogP contribution is -2.38. The Bertz CT molecular complexity index is 833. The number of rotatable bonds is 7. The fraction of sp³-hybridized carbons (Fsp3) is 0.556. The number of fused-ring (bicyclic) bond motifs is 1. The molecule has 2 N–H and O–H groups in total. The van der Waals surface area contributed by atoms with Gasteiger partial charge in [0.05, 0.1) is 18.2 Å². The first-order chi connectivity index (χ1) is 12.8. The van der Waals surface area contributed by atoms with E-state index in [1.807, 2.05) is 13.8 Å². The first-order valence-electron chi connectivity index (χ1n) is 9.19. The van der Waals surface area contributed by atoms with E-state index in [0.29, 0.717) is 13.2 Å². The van der Waals surface area contributed by atoms with Gasteiger partial charge in [0.2, 0.25) is 0 Å². The summed E-state index contributed by atoms with van der Waals surface area (Å²) in [6.07, 6.45) is 1.32. The number of sulfonamides is 1. The summed E-state index contributed by atoms with van der Waals surface area (Å²) in [5.74, 6) is -0.934. The highest BCUT2D eigenvalue weighted by molar-refractivity contribution is 7.90. The molecular formula is C18H25N3O5S. The maximum Gasteiger partial charge on any atom is 0.269 e. The SMILES string of the molecule is CCN[C@H](C)CNC(=O)c1ccc2c(c1)S(=O)(=O)N(CC1CCCO1)C2=O. The highest BCUT2D eigenvalue weighted by Crippen LogP contribution is 2.32. The summed E-state index contributed by atoms with van der Waals surface area (Å²) in [7, 11) is -3.97. The lowest BCUT2D eigenvalue weighted by Gasteiger charge is -2.18. The molecule has 1 unspecified atom stereocenters. The Kier molecular flexibility index (Phi) is 5.83. The van der Waals surface area contributed by atoms with Gasteiger partial charge in [0, 0.05) is 24.8 Å². The molecule has 0 aliphatic carbocycles. The van der Waals surface area contributed by atoms with Crippen molar-refractivity contribution in [2.24, 2.45) is 0 Å². The first kappa shape index (κ1) is 19.8. The monoisotopic (exact) mass is 395 g/mol. The van der Waals surface area contributed by atoms with Crippen molar-refractivity contribution in [1.82, 2.24) is 14.9 Å². The first-order valence-corrected chi connectivity index (χ1v) is 10.6. The Morgan fingerprint density at radius 2 is 2.19 bits per heavy atom. The van der Waals surface area contributed by atoms with E-state index in [-0.39, 0.29) is 40.6 Å². The van der Waals surface area contributed by atoms with E-state index in [2.05, 4.69) is 10.6 Å². The highest BCUT2D eigenvalue weighted by atomic mass is 32.2. The number of likely N-dealkylation sites (N-methyl/N-ethyl adjacent to an activating group) is 1. The molecule has 27 heavy (non-hydrogen) atoms. The minimum absolute atomic E-state index is 0.0115. The molecule has 0 radical (unpaired) electrons. The largest absolute Gasteiger partial charge is 0.376 e. The van der Waals surface area contributed by atoms with Gasteiger partial charge in [0.25, 0.3) is 21.8 Å². The number of benzene rings is 1. The van der Waals surface area contributed by atoms with Crippen molar-refractivity contribution in [2.75, 3.05) is 26.2 Å². The average molecular weight is 395 g/mol. The Morgan fingerprint density at radius 1 is 1.41 bits per heavy atom. The molecule has 0 bridgehead atoms. The number of amides is 2. The van der Waals surface area contributed by atoms with E-state index in [9.17, 15) is 18.0 Å². The van der Waals surface area contributed by atoms with Crippen molar-refractivity contribution >= 4 is 21.8 Å². The van der Waals surface area contributed by atoms with Crippen LogP contribution in [0.1, 0.15) is 47.4 Å². The number of carbonyl (C=O) groups is 2. The van der Waals surface area contributed by atoms with Crippen LogP contribution in [0.5, 0.6) is 0 Å². The van der Waals surface area contributed by atoms with Crippen molar-refractivity contribution in [2.45, 2.75) is 43.7 Å². The van der Waals surface area contributed by atoms with Crippen molar-refractivity contribution in [1.29, 1.82) is 0 Å². The second kappa shape index (κ2) is 7.95. The molecule has 1 saturated heterocycles. The van der Waals surface area contributed by atoms with Crippen LogP contribution in [-0.2, 0) is 14.8 Å². The van der Waals surface area contributed by atoms with E-state index in [0.717, 1.165) is 23.7 Å². The fourth-order valence-electron chi connectivity index (χ4n) is 3.34. The van der Waals surface area contributed by atoms with Gasteiger partial charge in [-0.1, -0.05) is 6.92 Å². The number of nitrogens with zero attached hydrogens (tertiary/aromatic N) is 1. The molecule has 2 heterocycles. The van der Waals surface area contributed by atoms with Crippen molar-refractivity contribution in [3.8, 4) is 0 Å². The fourth-order valence-corrected chi connectivity index (χ4v) is 4.96. The summed E-state index contributed by atoms with van der Waals surface area (Å²) in [4.78, 5) is 24.8. The summed E-state index contributed by atoms with van der Waals surface area (Å²) in [6, 6.07) is 4.27. The predicted octanol–water partition coefficient (Wildman–Crippen LogP) is 0.738. The maximum absolute atomic E-state index is 12.8. The summed E-state index contributed by atoms with van der Waals surface area (Å²) in [5.41, 5.74) is 0.318. The lowest BCUT2D eigenvalue weighted by atomic mass is 10.1. The van der Waals surface area contributed by atoms with E-state index >= 15 is 0 Å². The summed E-state index contributed by atoms with van der Waals surface area (Å²) >= 11 is 0. The number of nitrogens with one attached hydrogen (secondary N) is 2. The van der Waals surface area contributed by atoms with Gasteiger partial charge in [-0.2, -0.15) is 0 Å². The van der Waals surface area contributed by atoms with Crippen LogP contribution in [0, 0.1) is 0 Å². The lowest BCUT2D eigenvalue weighted by molar-refractivity contribution is 0.0707. The average Bonchev–Trinajstić information content (AvgIpc) is 3.22. The Morgan fingerprint density at radius 3 is 2.85 bits per heavy atom. The molecule has 9 heteroatoms. The van der Waals surface area contributed by atoms with E-state index < -0.39 is 15.9 Å². The third-order valence-corrected chi connectivity index (χ3v) is 6.57. The molecule has 1 fully saturated rings. The molecule has 2 amide bonds. The minimum Gasteiger partial charge on any atom is -0.376 e. The molecule has 3 rings (SSSR count). The zero-order valence-electron chi connectivity index (χ0n) is 15.5. The summed E-state index contributed by atoms with van der Waals surface area (Å²) in [5, 5.41) is 5.95. The van der Waals surface area contributed by atoms with Gasteiger partial charge in [0.1, 0.15) is 4.90 Å². The van der Waals surface area contributed by atoms with Crippen molar-refractivity contribution < 1.29 is 22.7 Å². The smallest absolute Gasteiger partial charge is 0.269 e. The van der Waals surface area contributed by atoms with Crippen molar-refractivity contribution in [3.05, 3.63) is 29.3 Å². The zero-order valence-corrected chi connectivity index (χ0v) is 16.3. The Hall–Kier alpha value is -1.97. The summed E-state index contributed by atoms with van der Waals surface area (Å²) in [6.45, 7) is 5.71. The third kappa shape index (κ3) is 3.99. The second-order valence-electron chi connectivity index (χ2n) is 6.86. The molecule has 0 saturated carbocycles. The number of hydrogen-bond acceptors (Lipinski definition) is 6. The molecule has 148 valence electrons. The van der Waals surface area contributed by atoms with E-state index in [1.54, 1.807) is 0 Å². The van der Waals surface area contributed by atoms with Crippen LogP contribution in [0.3, 0.4) is 0 Å². The topological polar surface area (TPSA) is 105 Å². The maximum atomic E-state index is 12.8. The van der Waals surface area contributed by atoms with Gasteiger partial charge in [0.15, 0.2) is 0 Å². The molecular weight excluding hydrogens is 370 g/mol. The molecule has 1 aromatic carbocycles. The van der Waals surface area contributed by atoms with Gasteiger partial charge in [-0.3, -0.25) is 9.59 Å². The van der Waals surface area contributed by atoms with Crippen LogP contribution in [0.25, 0.3) is 0 Å². The molecule has 8 nitrogen and oxygen atoms in total. The predicted molar refractivity (Wildman–Crippen MR) is 99.1 cm³/mol. The Labute approximate surface area is 159 Å². The van der Waals surface area contributed by atoms with Gasteiger partial charge in [-0.25, -0.2) is 12.7 Å². The third-order valence-electron chi connectivity index (χ3n) is 4.78. The zero-order chi connectivity index (χ0) is 19.6. The molecule has 0 aromatic heterocycles. The van der Waals surface area contributed by atoms with Gasteiger partial charge in [-0.05, 0) is 44.5 Å². The summed E-state index contributed by atoms with van der Waals surface area (Å²) < 4.78 is 32.0. The van der Waals surface area contributed by atoms with Crippen LogP contribution in [-0.4, -0.2) is 62.9 Å². The number of ether oxygens (including phenoxy) is 1. The van der Waals surface area contributed by atoms with Crippen LogP contribution in [0.2, 0.25) is 0 Å². The van der Waals surface area contributed by atoms with E-state index in [1.165, 1.54) is 18.2 Å². The van der Waals surface area contributed by atoms with E-state index in [4.69, 9.17) is 4.74 Å². The van der Waals surface area contributed by atoms with Gasteiger partial charge in [-0.15, -0.1) is 0 Å². The molecule has 2 atom stereocenters. The highest BCUT2D eigenvalue weighted by Gasteiger charge is 2.43. The normalized spacial score (nSPS) is 21.9. The number of carbonyl (C=O) groups excluding carboxylic acids is 2. The molecule has 1 aromatic rings. The second-order valence-corrected chi connectivity index (χ2v) is 8.69. The minimum atomic E-state index is -3.97. The quantitative estimate of drug-likeness (QED) is 0.706. The van der Waals surface area contributed by atoms with Gasteiger partial charge < -0.3 is 15.4 Å². The van der Waals surface area contributed by atoms with Gasteiger partial charge >= 0.3 is 0 Å². The van der Waals surface area contributed by atoms with Crippen LogP contribution < -0.4 is 10.6 Å². The molecule has 2 aliphatic rings. The molecule has 2 aliphatic heterocycles. The standard InChI is InChI=1S/C18H25N3O5S/c1-3-19-12(2)10-20-17(22)13-6-7-15-16(9-13)27(24,25)21(18(15)23)11-14-5-4-8-26-14/h6-7,9,12,14,19H,3-5,8,10-11H2,1-2H3,(H,20,22)/t12-,14?/m1/s1. The van der Waals surface area contributed by atoms with Crippen LogP contribution in [0.15, 0.2) is 23.1 Å². The van der Waals surface area contributed by atoms with Crippen LogP contribution in [0.4, 0.5) is 0 Å². The van der Waals surface area contributed by atoms with Crippen molar-refractivity contribution in [3.63, 3.8) is 0 Å². The number of hydrogen-bond donors (Lipinski definition) is 2. The molecule has 0 spiro atoms. The van der Waals surface area contributed by atoms with Crippen LogP contribution >= 0.6 is 0 Å². The Balaban J connectivity index is 1.77.